The van der Waals surface area contributed by atoms with E-state index >= 15 is 0 Å². The van der Waals surface area contributed by atoms with Crippen LogP contribution in [0.15, 0.2) is 47.5 Å². The summed E-state index contributed by atoms with van der Waals surface area (Å²) in [7, 11) is 0. The Kier molecular flexibility index (Phi) is 4.95. The predicted molar refractivity (Wildman–Crippen MR) is 110 cm³/mol. The average Bonchev–Trinajstić information content (AvgIpc) is 2.90. The summed E-state index contributed by atoms with van der Waals surface area (Å²) >= 11 is 0. The second kappa shape index (κ2) is 7.19. The Morgan fingerprint density at radius 1 is 0.926 bits per heavy atom. The molecule has 1 aromatic heterocycles. The first-order chi connectivity index (χ1) is 12.8. The first-order valence-electron chi connectivity index (χ1n) is 8.83. The molecule has 0 saturated carbocycles. The molecule has 138 valence electrons. The fourth-order valence-corrected chi connectivity index (χ4v) is 3.20. The zero-order valence-corrected chi connectivity index (χ0v) is 16.3. The normalized spacial score (nSPS) is 11.3. The Morgan fingerprint density at radius 3 is 2.30 bits per heavy atom. The van der Waals surface area contributed by atoms with Crippen LogP contribution >= 0.6 is 0 Å². The molecule has 0 fully saturated rings. The van der Waals surface area contributed by atoms with Gasteiger partial charge in [0.15, 0.2) is 0 Å². The quantitative estimate of drug-likeness (QED) is 0.341. The molecule has 0 aliphatic rings. The number of benzene rings is 2. The molecule has 0 saturated heterocycles. The highest BCUT2D eigenvalue weighted by molar-refractivity contribution is 5.84. The lowest BCUT2D eigenvalue weighted by Gasteiger charge is -2.11. The van der Waals surface area contributed by atoms with E-state index in [2.05, 4.69) is 61.5 Å². The number of aromatic nitrogens is 1. The first kappa shape index (κ1) is 18.6. The third-order valence-electron chi connectivity index (χ3n) is 4.96. The van der Waals surface area contributed by atoms with Crippen LogP contribution in [-0.4, -0.2) is 15.7 Å². The van der Waals surface area contributed by atoms with Gasteiger partial charge in [0, 0.05) is 40.5 Å². The minimum absolute atomic E-state index is 0.0882. The van der Waals surface area contributed by atoms with E-state index in [1.165, 1.54) is 17.2 Å². The van der Waals surface area contributed by atoms with E-state index in [9.17, 15) is 10.1 Å². The lowest BCUT2D eigenvalue weighted by molar-refractivity contribution is -0.385. The Bertz CT molecular complexity index is 1060. The highest BCUT2D eigenvalue weighted by atomic mass is 16.6. The molecule has 0 aliphatic carbocycles. The summed E-state index contributed by atoms with van der Waals surface area (Å²) in [6, 6.07) is 13.5. The molecular formula is C22H23N3O2. The molecule has 0 atom stereocenters. The smallest absolute Gasteiger partial charge is 0.274 e. The van der Waals surface area contributed by atoms with Crippen LogP contribution in [0.5, 0.6) is 0 Å². The van der Waals surface area contributed by atoms with Crippen molar-refractivity contribution in [3.05, 3.63) is 86.2 Å². The van der Waals surface area contributed by atoms with Crippen molar-refractivity contribution in [3.63, 3.8) is 0 Å². The molecule has 0 radical (unpaired) electrons. The molecule has 2 aromatic carbocycles. The summed E-state index contributed by atoms with van der Waals surface area (Å²) in [5.41, 5.74) is 8.13. The first-order valence-corrected chi connectivity index (χ1v) is 8.83. The zero-order chi connectivity index (χ0) is 19.7. The molecule has 0 spiro atoms. The maximum absolute atomic E-state index is 11.1. The number of nitro groups is 1. The van der Waals surface area contributed by atoms with E-state index in [0.717, 1.165) is 22.6 Å². The second-order valence-corrected chi connectivity index (χ2v) is 6.92. The molecule has 0 aliphatic heterocycles. The number of aryl methyl sites for hydroxylation is 4. The van der Waals surface area contributed by atoms with Crippen molar-refractivity contribution in [1.82, 2.24) is 4.57 Å². The molecule has 0 N–H and O–H groups in total. The molecule has 5 heteroatoms. The van der Waals surface area contributed by atoms with Crippen molar-refractivity contribution in [2.24, 2.45) is 4.99 Å². The third kappa shape index (κ3) is 3.67. The Balaban J connectivity index is 1.97. The fraction of sp³-hybridized carbons (Fsp3) is 0.227. The number of nitro benzene ring substituents is 1. The molecule has 3 rings (SSSR count). The molecule has 0 unspecified atom stereocenters. The highest BCUT2D eigenvalue weighted by Crippen LogP contribution is 2.25. The minimum Gasteiger partial charge on any atom is -0.318 e. The van der Waals surface area contributed by atoms with Gasteiger partial charge in [-0.05, 0) is 70.0 Å². The topological polar surface area (TPSA) is 60.4 Å². The molecule has 3 aromatic rings. The molecular weight excluding hydrogens is 338 g/mol. The van der Waals surface area contributed by atoms with Crippen LogP contribution in [0.4, 0.5) is 11.4 Å². The van der Waals surface area contributed by atoms with Crippen molar-refractivity contribution in [3.8, 4) is 5.69 Å². The molecule has 1 heterocycles. The SMILES string of the molecule is Cc1ccc(-n2c(C)cc(C=Nc3ccc(C)c([N+](=O)[O-])c3)c2C)cc1C. The summed E-state index contributed by atoms with van der Waals surface area (Å²) < 4.78 is 2.20. The molecule has 0 bridgehead atoms. The number of hydrogen-bond donors (Lipinski definition) is 0. The number of rotatable bonds is 4. The van der Waals surface area contributed by atoms with E-state index in [4.69, 9.17) is 0 Å². The molecule has 0 amide bonds. The van der Waals surface area contributed by atoms with Crippen molar-refractivity contribution >= 4 is 17.6 Å². The van der Waals surface area contributed by atoms with Crippen LogP contribution in [-0.2, 0) is 0 Å². The minimum atomic E-state index is -0.375. The molecule has 5 nitrogen and oxygen atoms in total. The van der Waals surface area contributed by atoms with Crippen LogP contribution < -0.4 is 0 Å². The van der Waals surface area contributed by atoms with E-state index in [0.29, 0.717) is 11.3 Å². The van der Waals surface area contributed by atoms with Gasteiger partial charge in [-0.1, -0.05) is 12.1 Å². The molecule has 27 heavy (non-hydrogen) atoms. The summed E-state index contributed by atoms with van der Waals surface area (Å²) in [4.78, 5) is 15.2. The van der Waals surface area contributed by atoms with Gasteiger partial charge < -0.3 is 4.57 Å². The van der Waals surface area contributed by atoms with E-state index < -0.39 is 0 Å². The van der Waals surface area contributed by atoms with E-state index in [1.54, 1.807) is 25.3 Å². The van der Waals surface area contributed by atoms with Gasteiger partial charge in [-0.25, -0.2) is 0 Å². The van der Waals surface area contributed by atoms with Crippen LogP contribution in [0.3, 0.4) is 0 Å². The van der Waals surface area contributed by atoms with Crippen LogP contribution in [0, 0.1) is 44.7 Å². The predicted octanol–water partition coefficient (Wildman–Crippen LogP) is 5.68. The lowest BCUT2D eigenvalue weighted by Crippen LogP contribution is -2.00. The van der Waals surface area contributed by atoms with Crippen LogP contribution in [0.1, 0.15) is 33.6 Å². The van der Waals surface area contributed by atoms with Crippen molar-refractivity contribution in [1.29, 1.82) is 0 Å². The van der Waals surface area contributed by atoms with Gasteiger partial charge in [0.05, 0.1) is 10.6 Å². The number of nitrogens with zero attached hydrogens (tertiary/aromatic N) is 3. The summed E-state index contributed by atoms with van der Waals surface area (Å²) in [5, 5.41) is 11.1. The van der Waals surface area contributed by atoms with E-state index in [1.807, 2.05) is 0 Å². The van der Waals surface area contributed by atoms with Gasteiger partial charge in [-0.15, -0.1) is 0 Å². The Morgan fingerprint density at radius 2 is 1.63 bits per heavy atom. The largest absolute Gasteiger partial charge is 0.318 e. The van der Waals surface area contributed by atoms with Gasteiger partial charge in [0.2, 0.25) is 0 Å². The summed E-state index contributed by atoms with van der Waals surface area (Å²) in [5.74, 6) is 0. The van der Waals surface area contributed by atoms with Gasteiger partial charge in [0.25, 0.3) is 5.69 Å². The van der Waals surface area contributed by atoms with Crippen LogP contribution in [0.2, 0.25) is 0 Å². The summed E-state index contributed by atoms with van der Waals surface area (Å²) in [6.07, 6.45) is 1.77. The van der Waals surface area contributed by atoms with Gasteiger partial charge in [-0.3, -0.25) is 15.1 Å². The van der Waals surface area contributed by atoms with Crippen LogP contribution in [0.25, 0.3) is 5.69 Å². The second-order valence-electron chi connectivity index (χ2n) is 6.92. The van der Waals surface area contributed by atoms with Crippen molar-refractivity contribution < 1.29 is 4.92 Å². The number of hydrogen-bond acceptors (Lipinski definition) is 3. The Hall–Kier alpha value is -3.21. The van der Waals surface area contributed by atoms with Gasteiger partial charge in [-0.2, -0.15) is 0 Å². The number of aliphatic imine (C=N–C) groups is 1. The van der Waals surface area contributed by atoms with Gasteiger partial charge in [0.1, 0.15) is 0 Å². The maximum atomic E-state index is 11.1. The summed E-state index contributed by atoms with van der Waals surface area (Å²) in [6.45, 7) is 10.1. The Labute approximate surface area is 159 Å². The zero-order valence-electron chi connectivity index (χ0n) is 16.3. The lowest BCUT2D eigenvalue weighted by atomic mass is 10.1. The maximum Gasteiger partial charge on any atom is 0.274 e. The standard InChI is InChI=1S/C22H23N3O2/c1-14-7-9-21(10-16(14)3)24-17(4)11-19(18(24)5)13-23-20-8-6-15(2)22(12-20)25(26)27/h6-13H,1-5H3. The van der Waals surface area contributed by atoms with Crippen molar-refractivity contribution in [2.45, 2.75) is 34.6 Å². The van der Waals surface area contributed by atoms with Crippen molar-refractivity contribution in [2.75, 3.05) is 0 Å². The van der Waals surface area contributed by atoms with E-state index in [-0.39, 0.29) is 10.6 Å². The highest BCUT2D eigenvalue weighted by Gasteiger charge is 2.12. The van der Waals surface area contributed by atoms with Gasteiger partial charge >= 0.3 is 0 Å². The fourth-order valence-electron chi connectivity index (χ4n) is 3.20. The monoisotopic (exact) mass is 361 g/mol. The third-order valence-corrected chi connectivity index (χ3v) is 4.96. The average molecular weight is 361 g/mol.